The van der Waals surface area contributed by atoms with Crippen LogP contribution in [0, 0.1) is 0 Å². The van der Waals surface area contributed by atoms with E-state index in [1.807, 2.05) is 17.8 Å². The number of aliphatic imine (C=N–C) groups is 1. The molecule has 0 saturated heterocycles. The summed E-state index contributed by atoms with van der Waals surface area (Å²) in [7, 11) is 1.94. The first-order valence-corrected chi connectivity index (χ1v) is 8.24. The SMILES string of the molecule is CCNC(=NCc1ccnn1C)NC(C)CCc1ccccc1. The van der Waals surface area contributed by atoms with E-state index in [0.717, 1.165) is 31.0 Å². The van der Waals surface area contributed by atoms with Gasteiger partial charge in [-0.25, -0.2) is 4.99 Å². The summed E-state index contributed by atoms with van der Waals surface area (Å²) in [5, 5.41) is 11.0. The molecule has 1 heterocycles. The van der Waals surface area contributed by atoms with Crippen LogP contribution in [0.1, 0.15) is 31.5 Å². The highest BCUT2D eigenvalue weighted by molar-refractivity contribution is 5.80. The molecule has 0 bridgehead atoms. The second-order valence-electron chi connectivity index (χ2n) is 5.71. The lowest BCUT2D eigenvalue weighted by Gasteiger charge is -2.18. The number of aromatic nitrogens is 2. The number of nitrogens with zero attached hydrogens (tertiary/aromatic N) is 3. The van der Waals surface area contributed by atoms with Gasteiger partial charge >= 0.3 is 0 Å². The summed E-state index contributed by atoms with van der Waals surface area (Å²) >= 11 is 0. The average Bonchev–Trinajstić information content (AvgIpc) is 2.97. The van der Waals surface area contributed by atoms with Gasteiger partial charge in [-0.05, 0) is 38.3 Å². The minimum atomic E-state index is 0.361. The van der Waals surface area contributed by atoms with Gasteiger partial charge in [-0.2, -0.15) is 5.10 Å². The first-order chi connectivity index (χ1) is 11.2. The number of rotatable bonds is 7. The Morgan fingerprint density at radius 1 is 1.26 bits per heavy atom. The third-order valence-electron chi connectivity index (χ3n) is 3.76. The highest BCUT2D eigenvalue weighted by Crippen LogP contribution is 2.05. The Bertz CT molecular complexity index is 603. The standard InChI is InChI=1S/C18H27N5/c1-4-19-18(20-14-17-12-13-21-23(17)3)22-15(2)10-11-16-8-6-5-7-9-16/h5-9,12-13,15H,4,10-11,14H2,1-3H3,(H2,19,20,22). The predicted octanol–water partition coefficient (Wildman–Crippen LogP) is 2.50. The van der Waals surface area contributed by atoms with Crippen molar-refractivity contribution in [3.05, 3.63) is 53.9 Å². The number of benzene rings is 1. The summed E-state index contributed by atoms with van der Waals surface area (Å²) in [5.41, 5.74) is 2.47. The van der Waals surface area contributed by atoms with Crippen LogP contribution in [-0.4, -0.2) is 28.3 Å². The molecule has 2 rings (SSSR count). The number of aryl methyl sites for hydroxylation is 2. The Morgan fingerprint density at radius 2 is 2.04 bits per heavy atom. The molecule has 1 aromatic heterocycles. The molecule has 0 fully saturated rings. The third-order valence-corrected chi connectivity index (χ3v) is 3.76. The second kappa shape index (κ2) is 8.98. The van der Waals surface area contributed by atoms with Crippen LogP contribution in [0.15, 0.2) is 47.6 Å². The van der Waals surface area contributed by atoms with Crippen molar-refractivity contribution in [2.75, 3.05) is 6.54 Å². The van der Waals surface area contributed by atoms with Crippen molar-refractivity contribution in [3.63, 3.8) is 0 Å². The van der Waals surface area contributed by atoms with E-state index in [1.165, 1.54) is 5.56 Å². The molecule has 23 heavy (non-hydrogen) atoms. The molecule has 2 N–H and O–H groups in total. The second-order valence-corrected chi connectivity index (χ2v) is 5.71. The molecule has 1 unspecified atom stereocenters. The zero-order chi connectivity index (χ0) is 16.5. The lowest BCUT2D eigenvalue weighted by atomic mass is 10.1. The minimum Gasteiger partial charge on any atom is -0.357 e. The quantitative estimate of drug-likeness (QED) is 0.610. The molecule has 5 heteroatoms. The van der Waals surface area contributed by atoms with Gasteiger partial charge in [0.05, 0.1) is 12.2 Å². The van der Waals surface area contributed by atoms with E-state index in [0.29, 0.717) is 12.6 Å². The number of guanidine groups is 1. The molecule has 0 amide bonds. The molecule has 0 aliphatic carbocycles. The Balaban J connectivity index is 1.86. The van der Waals surface area contributed by atoms with Crippen LogP contribution >= 0.6 is 0 Å². The largest absolute Gasteiger partial charge is 0.357 e. The molecule has 0 aliphatic rings. The van der Waals surface area contributed by atoms with Crippen molar-refractivity contribution in [1.82, 2.24) is 20.4 Å². The average molecular weight is 313 g/mol. The summed E-state index contributed by atoms with van der Waals surface area (Å²) in [5.74, 6) is 0.856. The monoisotopic (exact) mass is 313 g/mol. The molecule has 1 atom stereocenters. The van der Waals surface area contributed by atoms with Gasteiger partial charge in [-0.3, -0.25) is 4.68 Å². The zero-order valence-electron chi connectivity index (χ0n) is 14.3. The summed E-state index contributed by atoms with van der Waals surface area (Å²) in [6.07, 6.45) is 3.93. The van der Waals surface area contributed by atoms with E-state index in [4.69, 9.17) is 0 Å². The lowest BCUT2D eigenvalue weighted by molar-refractivity contribution is 0.592. The number of hydrogen-bond acceptors (Lipinski definition) is 2. The van der Waals surface area contributed by atoms with Gasteiger partial charge < -0.3 is 10.6 Å². The smallest absolute Gasteiger partial charge is 0.191 e. The van der Waals surface area contributed by atoms with E-state index in [9.17, 15) is 0 Å². The van der Waals surface area contributed by atoms with E-state index < -0.39 is 0 Å². The maximum absolute atomic E-state index is 4.65. The Hall–Kier alpha value is -2.30. The highest BCUT2D eigenvalue weighted by atomic mass is 15.3. The maximum Gasteiger partial charge on any atom is 0.191 e. The van der Waals surface area contributed by atoms with E-state index in [2.05, 4.69) is 64.9 Å². The molecule has 1 aromatic carbocycles. The van der Waals surface area contributed by atoms with Crippen LogP contribution < -0.4 is 10.6 Å². The first kappa shape index (κ1) is 17.1. The third kappa shape index (κ3) is 5.77. The van der Waals surface area contributed by atoms with Crippen LogP contribution in [0.4, 0.5) is 0 Å². The molecule has 0 radical (unpaired) electrons. The van der Waals surface area contributed by atoms with Crippen molar-refractivity contribution >= 4 is 5.96 Å². The fraction of sp³-hybridized carbons (Fsp3) is 0.444. The summed E-state index contributed by atoms with van der Waals surface area (Å²) in [4.78, 5) is 4.65. The highest BCUT2D eigenvalue weighted by Gasteiger charge is 2.06. The van der Waals surface area contributed by atoms with Gasteiger partial charge in [0, 0.05) is 25.8 Å². The van der Waals surface area contributed by atoms with Crippen molar-refractivity contribution in [2.24, 2.45) is 12.0 Å². The molecule has 5 nitrogen and oxygen atoms in total. The first-order valence-electron chi connectivity index (χ1n) is 8.24. The van der Waals surface area contributed by atoms with Gasteiger partial charge in [-0.1, -0.05) is 30.3 Å². The van der Waals surface area contributed by atoms with Crippen molar-refractivity contribution in [2.45, 2.75) is 39.3 Å². The lowest BCUT2D eigenvalue weighted by Crippen LogP contribution is -2.42. The fourth-order valence-corrected chi connectivity index (χ4v) is 2.37. The molecule has 2 aromatic rings. The Morgan fingerprint density at radius 3 is 2.70 bits per heavy atom. The van der Waals surface area contributed by atoms with Gasteiger partial charge in [0.1, 0.15) is 0 Å². The Labute approximate surface area is 138 Å². The predicted molar refractivity (Wildman–Crippen MR) is 95.4 cm³/mol. The summed E-state index contributed by atoms with van der Waals surface area (Å²) in [6.45, 7) is 5.75. The van der Waals surface area contributed by atoms with E-state index in [-0.39, 0.29) is 0 Å². The van der Waals surface area contributed by atoms with E-state index in [1.54, 1.807) is 6.20 Å². The fourth-order valence-electron chi connectivity index (χ4n) is 2.37. The summed E-state index contributed by atoms with van der Waals surface area (Å²) < 4.78 is 1.85. The van der Waals surface area contributed by atoms with Gasteiger partial charge in [0.15, 0.2) is 5.96 Å². The Kier molecular flexibility index (Phi) is 6.66. The zero-order valence-corrected chi connectivity index (χ0v) is 14.3. The molecule has 0 saturated carbocycles. The van der Waals surface area contributed by atoms with Crippen molar-refractivity contribution in [3.8, 4) is 0 Å². The van der Waals surface area contributed by atoms with E-state index >= 15 is 0 Å². The van der Waals surface area contributed by atoms with Crippen LogP contribution in [0.25, 0.3) is 0 Å². The minimum absolute atomic E-state index is 0.361. The van der Waals surface area contributed by atoms with Crippen LogP contribution in [-0.2, 0) is 20.0 Å². The maximum atomic E-state index is 4.65. The van der Waals surface area contributed by atoms with Crippen LogP contribution in [0.5, 0.6) is 0 Å². The molecular formula is C18H27N5. The molecule has 0 aliphatic heterocycles. The van der Waals surface area contributed by atoms with Crippen LogP contribution in [0.3, 0.4) is 0 Å². The van der Waals surface area contributed by atoms with Crippen molar-refractivity contribution in [1.29, 1.82) is 0 Å². The molecule has 0 spiro atoms. The number of hydrogen-bond donors (Lipinski definition) is 2. The van der Waals surface area contributed by atoms with Gasteiger partial charge in [0.2, 0.25) is 0 Å². The summed E-state index contributed by atoms with van der Waals surface area (Å²) in [6, 6.07) is 12.9. The normalized spacial score (nSPS) is 12.9. The topological polar surface area (TPSA) is 54.2 Å². The van der Waals surface area contributed by atoms with Gasteiger partial charge in [0.25, 0.3) is 0 Å². The van der Waals surface area contributed by atoms with Crippen molar-refractivity contribution < 1.29 is 0 Å². The van der Waals surface area contributed by atoms with Gasteiger partial charge in [-0.15, -0.1) is 0 Å². The van der Waals surface area contributed by atoms with Crippen LogP contribution in [0.2, 0.25) is 0 Å². The molecular weight excluding hydrogens is 286 g/mol. The number of nitrogens with one attached hydrogen (secondary N) is 2. The molecule has 124 valence electrons.